The molecule has 7 heteroatoms. The first-order valence-corrected chi connectivity index (χ1v) is 11.4. The standard InChI is InChI=1S/C24H26N2O4S/c1-19(20-9-5-3-6-10-20)17-25-24(27)18-26(21-13-15-22(30-2)16-14-21)31(28,29)23-11-7-4-8-12-23/h3-16,19H,17-18H2,1-2H3,(H,25,27)/t19-/m1/s1. The second-order valence-corrected chi connectivity index (χ2v) is 9.00. The van der Waals surface area contributed by atoms with E-state index in [1.54, 1.807) is 42.5 Å². The van der Waals surface area contributed by atoms with E-state index >= 15 is 0 Å². The minimum atomic E-state index is -3.93. The summed E-state index contributed by atoms with van der Waals surface area (Å²) in [6, 6.07) is 24.5. The molecule has 3 aromatic carbocycles. The van der Waals surface area contributed by atoms with Gasteiger partial charge in [-0.05, 0) is 47.9 Å². The fraction of sp³-hybridized carbons (Fsp3) is 0.208. The summed E-state index contributed by atoms with van der Waals surface area (Å²) in [5, 5.41) is 2.86. The van der Waals surface area contributed by atoms with E-state index in [9.17, 15) is 13.2 Å². The van der Waals surface area contributed by atoms with E-state index in [1.165, 1.54) is 19.2 Å². The zero-order valence-electron chi connectivity index (χ0n) is 17.6. The van der Waals surface area contributed by atoms with Gasteiger partial charge in [0.2, 0.25) is 5.91 Å². The second kappa shape index (κ2) is 10.1. The Morgan fingerprint density at radius 1 is 0.935 bits per heavy atom. The molecule has 3 rings (SSSR count). The van der Waals surface area contributed by atoms with Crippen LogP contribution in [0.5, 0.6) is 5.75 Å². The Morgan fingerprint density at radius 2 is 1.52 bits per heavy atom. The number of hydrogen-bond acceptors (Lipinski definition) is 4. The molecule has 1 atom stereocenters. The van der Waals surface area contributed by atoms with E-state index in [0.29, 0.717) is 18.0 Å². The summed E-state index contributed by atoms with van der Waals surface area (Å²) < 4.78 is 32.9. The maximum Gasteiger partial charge on any atom is 0.264 e. The van der Waals surface area contributed by atoms with Crippen LogP contribution in [0.4, 0.5) is 5.69 Å². The third-order valence-electron chi connectivity index (χ3n) is 4.95. The fourth-order valence-electron chi connectivity index (χ4n) is 3.14. The first-order chi connectivity index (χ1) is 14.9. The maximum absolute atomic E-state index is 13.3. The Morgan fingerprint density at radius 3 is 2.10 bits per heavy atom. The van der Waals surface area contributed by atoms with Gasteiger partial charge in [-0.1, -0.05) is 55.5 Å². The predicted molar refractivity (Wildman–Crippen MR) is 122 cm³/mol. The van der Waals surface area contributed by atoms with Crippen molar-refractivity contribution in [3.05, 3.63) is 90.5 Å². The molecule has 31 heavy (non-hydrogen) atoms. The third kappa shape index (κ3) is 5.64. The van der Waals surface area contributed by atoms with Crippen LogP contribution in [0.15, 0.2) is 89.8 Å². The van der Waals surface area contributed by atoms with Crippen molar-refractivity contribution in [1.29, 1.82) is 0 Å². The average Bonchev–Trinajstić information content (AvgIpc) is 2.82. The number of sulfonamides is 1. The zero-order chi connectivity index (χ0) is 22.3. The number of amides is 1. The molecule has 0 aliphatic heterocycles. The van der Waals surface area contributed by atoms with E-state index in [4.69, 9.17) is 4.74 Å². The van der Waals surface area contributed by atoms with Crippen LogP contribution in [0.25, 0.3) is 0 Å². The Hall–Kier alpha value is -3.32. The smallest absolute Gasteiger partial charge is 0.264 e. The van der Waals surface area contributed by atoms with Crippen LogP contribution in [0.1, 0.15) is 18.4 Å². The first-order valence-electron chi connectivity index (χ1n) is 9.95. The summed E-state index contributed by atoms with van der Waals surface area (Å²) in [6.45, 7) is 2.09. The quantitative estimate of drug-likeness (QED) is 0.551. The van der Waals surface area contributed by atoms with Crippen molar-refractivity contribution in [2.24, 2.45) is 0 Å². The number of rotatable bonds is 9. The van der Waals surface area contributed by atoms with E-state index < -0.39 is 10.0 Å². The van der Waals surface area contributed by atoms with Gasteiger partial charge in [0.15, 0.2) is 0 Å². The normalized spacial score (nSPS) is 12.1. The number of hydrogen-bond donors (Lipinski definition) is 1. The largest absolute Gasteiger partial charge is 0.497 e. The molecule has 0 bridgehead atoms. The molecule has 6 nitrogen and oxygen atoms in total. The molecule has 1 amide bonds. The topological polar surface area (TPSA) is 75.7 Å². The van der Waals surface area contributed by atoms with Gasteiger partial charge in [0.1, 0.15) is 12.3 Å². The molecular weight excluding hydrogens is 412 g/mol. The molecule has 3 aromatic rings. The number of carbonyl (C=O) groups is 1. The van der Waals surface area contributed by atoms with Crippen LogP contribution in [0, 0.1) is 0 Å². The summed E-state index contributed by atoms with van der Waals surface area (Å²) in [5.74, 6) is 0.324. The molecule has 0 aliphatic rings. The second-order valence-electron chi connectivity index (χ2n) is 7.14. The van der Waals surface area contributed by atoms with E-state index in [0.717, 1.165) is 9.87 Å². The molecule has 0 aliphatic carbocycles. The molecule has 0 saturated heterocycles. The lowest BCUT2D eigenvalue weighted by atomic mass is 10.0. The first kappa shape index (κ1) is 22.4. The molecule has 0 radical (unpaired) electrons. The SMILES string of the molecule is COc1ccc(N(CC(=O)NC[C@@H](C)c2ccccc2)S(=O)(=O)c2ccccc2)cc1. The van der Waals surface area contributed by atoms with Gasteiger partial charge in [-0.2, -0.15) is 0 Å². The number of ether oxygens (including phenoxy) is 1. The third-order valence-corrected chi connectivity index (χ3v) is 6.74. The highest BCUT2D eigenvalue weighted by Crippen LogP contribution is 2.25. The molecule has 0 saturated carbocycles. The number of benzene rings is 3. The van der Waals surface area contributed by atoms with Gasteiger partial charge >= 0.3 is 0 Å². The Labute approximate surface area is 183 Å². The molecule has 0 spiro atoms. The van der Waals surface area contributed by atoms with Crippen molar-refractivity contribution < 1.29 is 17.9 Å². The van der Waals surface area contributed by atoms with Crippen LogP contribution in [0.3, 0.4) is 0 Å². The van der Waals surface area contributed by atoms with Gasteiger partial charge in [-0.15, -0.1) is 0 Å². The highest BCUT2D eigenvalue weighted by atomic mass is 32.2. The lowest BCUT2D eigenvalue weighted by molar-refractivity contribution is -0.119. The number of anilines is 1. The highest BCUT2D eigenvalue weighted by Gasteiger charge is 2.27. The number of carbonyl (C=O) groups excluding carboxylic acids is 1. The summed E-state index contributed by atoms with van der Waals surface area (Å²) in [5.41, 5.74) is 1.49. The molecule has 0 aromatic heterocycles. The number of nitrogens with one attached hydrogen (secondary N) is 1. The minimum Gasteiger partial charge on any atom is -0.497 e. The van der Waals surface area contributed by atoms with Crippen LogP contribution >= 0.6 is 0 Å². The van der Waals surface area contributed by atoms with Gasteiger partial charge in [0, 0.05) is 6.54 Å². The lowest BCUT2D eigenvalue weighted by Gasteiger charge is -2.24. The summed E-state index contributed by atoms with van der Waals surface area (Å²) in [4.78, 5) is 12.8. The van der Waals surface area contributed by atoms with Crippen LogP contribution < -0.4 is 14.4 Å². The summed E-state index contributed by atoms with van der Waals surface area (Å²) in [7, 11) is -2.39. The fourth-order valence-corrected chi connectivity index (χ4v) is 4.58. The van der Waals surface area contributed by atoms with Crippen molar-refractivity contribution in [3.8, 4) is 5.75 Å². The van der Waals surface area contributed by atoms with E-state index in [2.05, 4.69) is 5.32 Å². The summed E-state index contributed by atoms with van der Waals surface area (Å²) >= 11 is 0. The number of methoxy groups -OCH3 is 1. The van der Waals surface area contributed by atoms with Crippen molar-refractivity contribution in [3.63, 3.8) is 0 Å². The van der Waals surface area contributed by atoms with Crippen molar-refractivity contribution >= 4 is 21.6 Å². The van der Waals surface area contributed by atoms with Crippen molar-refractivity contribution in [2.45, 2.75) is 17.7 Å². The number of nitrogens with zero attached hydrogens (tertiary/aromatic N) is 1. The van der Waals surface area contributed by atoms with E-state index in [1.807, 2.05) is 37.3 Å². The van der Waals surface area contributed by atoms with Crippen LogP contribution in [0.2, 0.25) is 0 Å². The predicted octanol–water partition coefficient (Wildman–Crippen LogP) is 3.81. The van der Waals surface area contributed by atoms with Gasteiger partial charge in [0.05, 0.1) is 17.7 Å². The van der Waals surface area contributed by atoms with Gasteiger partial charge in [-0.25, -0.2) is 8.42 Å². The van der Waals surface area contributed by atoms with Crippen molar-refractivity contribution in [2.75, 3.05) is 24.5 Å². The Bertz CT molecular complexity index is 1090. The van der Waals surface area contributed by atoms with E-state index in [-0.39, 0.29) is 23.3 Å². The molecule has 1 N–H and O–H groups in total. The molecule has 162 valence electrons. The Kier molecular flexibility index (Phi) is 7.31. The summed E-state index contributed by atoms with van der Waals surface area (Å²) in [6.07, 6.45) is 0. The zero-order valence-corrected chi connectivity index (χ0v) is 18.4. The average molecular weight is 439 g/mol. The molecule has 0 heterocycles. The molecular formula is C24H26N2O4S. The highest BCUT2D eigenvalue weighted by molar-refractivity contribution is 7.92. The minimum absolute atomic E-state index is 0.102. The van der Waals surface area contributed by atoms with Gasteiger partial charge in [0.25, 0.3) is 10.0 Å². The maximum atomic E-state index is 13.3. The molecule has 0 unspecified atom stereocenters. The lowest BCUT2D eigenvalue weighted by Crippen LogP contribution is -2.41. The Balaban J connectivity index is 1.80. The molecule has 0 fully saturated rings. The van der Waals surface area contributed by atoms with Gasteiger partial charge < -0.3 is 10.1 Å². The van der Waals surface area contributed by atoms with Gasteiger partial charge in [-0.3, -0.25) is 9.10 Å². The monoisotopic (exact) mass is 438 g/mol. The van der Waals surface area contributed by atoms with Crippen molar-refractivity contribution in [1.82, 2.24) is 5.32 Å². The van der Waals surface area contributed by atoms with Crippen LogP contribution in [-0.2, 0) is 14.8 Å². The van der Waals surface area contributed by atoms with Crippen LogP contribution in [-0.4, -0.2) is 34.5 Å².